The minimum absolute atomic E-state index is 0.221. The van der Waals surface area contributed by atoms with Gasteiger partial charge in [0, 0.05) is 6.42 Å². The molecule has 0 heterocycles. The van der Waals surface area contributed by atoms with E-state index in [9.17, 15) is 15.3 Å². The van der Waals surface area contributed by atoms with Crippen LogP contribution in [0.25, 0.3) is 0 Å². The van der Waals surface area contributed by atoms with Crippen LogP contribution < -0.4 is 0 Å². The van der Waals surface area contributed by atoms with Crippen LogP contribution in [0.5, 0.6) is 0 Å². The Bertz CT molecular complexity index is 334. The third-order valence-corrected chi connectivity index (χ3v) is 3.23. The molecule has 0 aliphatic heterocycles. The first-order chi connectivity index (χ1) is 7.06. The normalized spacial score (nSPS) is 30.1. The largest absolute Gasteiger partial charge is 0.379 e. The van der Waals surface area contributed by atoms with Gasteiger partial charge in [-0.25, -0.2) is 0 Å². The van der Waals surface area contributed by atoms with Crippen LogP contribution in [-0.2, 0) is 5.60 Å². The molecule has 1 atom stereocenters. The van der Waals surface area contributed by atoms with Crippen molar-refractivity contribution in [2.45, 2.75) is 37.1 Å². The Morgan fingerprint density at radius 2 is 1.47 bits per heavy atom. The highest BCUT2D eigenvalue weighted by molar-refractivity contribution is 5.25. The summed E-state index contributed by atoms with van der Waals surface area (Å²) < 4.78 is 0. The zero-order valence-electron chi connectivity index (χ0n) is 8.56. The lowest BCUT2D eigenvalue weighted by Gasteiger charge is -2.43. The average Bonchev–Trinajstić information content (AvgIpc) is 2.24. The Morgan fingerprint density at radius 1 is 0.867 bits per heavy atom. The number of hydrogen-bond donors (Lipinski definition) is 3. The van der Waals surface area contributed by atoms with Gasteiger partial charge < -0.3 is 15.3 Å². The van der Waals surface area contributed by atoms with E-state index in [2.05, 4.69) is 0 Å². The highest BCUT2D eigenvalue weighted by Crippen LogP contribution is 2.42. The maximum absolute atomic E-state index is 10.4. The van der Waals surface area contributed by atoms with E-state index in [1.54, 1.807) is 24.3 Å². The van der Waals surface area contributed by atoms with Crippen molar-refractivity contribution in [1.82, 2.24) is 0 Å². The summed E-state index contributed by atoms with van der Waals surface area (Å²) >= 11 is 0. The van der Waals surface area contributed by atoms with Crippen molar-refractivity contribution in [3.63, 3.8) is 0 Å². The van der Waals surface area contributed by atoms with E-state index in [0.717, 1.165) is 12.8 Å². The summed E-state index contributed by atoms with van der Waals surface area (Å²) in [7, 11) is 0. The zero-order chi connectivity index (χ0) is 10.9. The maximum atomic E-state index is 10.4. The molecule has 1 saturated carbocycles. The molecule has 15 heavy (non-hydrogen) atoms. The molecule has 1 fully saturated rings. The third kappa shape index (κ3) is 1.67. The molecule has 0 spiro atoms. The van der Waals surface area contributed by atoms with Gasteiger partial charge in [0.05, 0.1) is 0 Å². The average molecular weight is 208 g/mol. The first kappa shape index (κ1) is 10.6. The summed E-state index contributed by atoms with van der Waals surface area (Å²) in [6, 6.07) is 8.88. The van der Waals surface area contributed by atoms with Crippen molar-refractivity contribution in [3.8, 4) is 0 Å². The van der Waals surface area contributed by atoms with Gasteiger partial charge in [-0.05, 0) is 24.8 Å². The molecule has 1 aromatic rings. The van der Waals surface area contributed by atoms with E-state index >= 15 is 0 Å². The van der Waals surface area contributed by atoms with E-state index in [0.29, 0.717) is 12.0 Å². The third-order valence-electron chi connectivity index (χ3n) is 3.23. The summed E-state index contributed by atoms with van der Waals surface area (Å²) in [4.78, 5) is 0. The number of rotatable bonds is 1. The fourth-order valence-corrected chi connectivity index (χ4v) is 2.25. The summed E-state index contributed by atoms with van der Waals surface area (Å²) in [5.41, 5.74) is -0.943. The summed E-state index contributed by atoms with van der Waals surface area (Å²) in [5.74, 6) is -2.01. The van der Waals surface area contributed by atoms with Crippen molar-refractivity contribution in [2.24, 2.45) is 0 Å². The number of benzene rings is 1. The van der Waals surface area contributed by atoms with E-state index in [-0.39, 0.29) is 6.42 Å². The second-order valence-electron chi connectivity index (χ2n) is 4.25. The van der Waals surface area contributed by atoms with Crippen LogP contribution in [0.15, 0.2) is 30.3 Å². The van der Waals surface area contributed by atoms with Crippen molar-refractivity contribution in [1.29, 1.82) is 0 Å². The SMILES string of the molecule is OC1(O)CCCCC1(O)c1ccccc1. The van der Waals surface area contributed by atoms with Gasteiger partial charge in [0.1, 0.15) is 5.60 Å². The Hall–Kier alpha value is -0.900. The quantitative estimate of drug-likeness (QED) is 0.606. The van der Waals surface area contributed by atoms with Crippen LogP contribution in [-0.4, -0.2) is 21.1 Å². The lowest BCUT2D eigenvalue weighted by Crippen LogP contribution is -2.53. The van der Waals surface area contributed by atoms with Crippen LogP contribution >= 0.6 is 0 Å². The summed E-state index contributed by atoms with van der Waals surface area (Å²) in [6.45, 7) is 0. The Morgan fingerprint density at radius 3 is 2.07 bits per heavy atom. The topological polar surface area (TPSA) is 60.7 Å². The molecule has 3 nitrogen and oxygen atoms in total. The molecule has 3 heteroatoms. The monoisotopic (exact) mass is 208 g/mol. The predicted molar refractivity (Wildman–Crippen MR) is 56.0 cm³/mol. The minimum Gasteiger partial charge on any atom is -0.379 e. The van der Waals surface area contributed by atoms with Crippen molar-refractivity contribution >= 4 is 0 Å². The molecular weight excluding hydrogens is 192 g/mol. The summed E-state index contributed by atoms with van der Waals surface area (Å²) in [5, 5.41) is 30.1. The van der Waals surface area contributed by atoms with E-state index in [1.807, 2.05) is 6.07 Å². The molecule has 3 N–H and O–H groups in total. The zero-order valence-corrected chi connectivity index (χ0v) is 8.56. The van der Waals surface area contributed by atoms with Gasteiger partial charge in [0.15, 0.2) is 5.79 Å². The minimum atomic E-state index is -2.01. The number of aliphatic hydroxyl groups is 3. The second kappa shape index (κ2) is 3.59. The first-order valence-electron chi connectivity index (χ1n) is 5.29. The van der Waals surface area contributed by atoms with Gasteiger partial charge >= 0.3 is 0 Å². The lowest BCUT2D eigenvalue weighted by molar-refractivity contribution is -0.297. The van der Waals surface area contributed by atoms with Crippen molar-refractivity contribution in [2.75, 3.05) is 0 Å². The van der Waals surface area contributed by atoms with E-state index in [4.69, 9.17) is 0 Å². The molecule has 0 radical (unpaired) electrons. The lowest BCUT2D eigenvalue weighted by atomic mass is 9.75. The van der Waals surface area contributed by atoms with E-state index < -0.39 is 11.4 Å². The molecule has 82 valence electrons. The Kier molecular flexibility index (Phi) is 2.54. The Labute approximate surface area is 89.0 Å². The van der Waals surface area contributed by atoms with E-state index in [1.165, 1.54) is 0 Å². The molecule has 0 saturated heterocycles. The van der Waals surface area contributed by atoms with Gasteiger partial charge in [-0.3, -0.25) is 0 Å². The van der Waals surface area contributed by atoms with Crippen LogP contribution in [0.4, 0.5) is 0 Å². The fraction of sp³-hybridized carbons (Fsp3) is 0.500. The molecule has 0 aromatic heterocycles. The van der Waals surface area contributed by atoms with Crippen molar-refractivity contribution in [3.05, 3.63) is 35.9 Å². The van der Waals surface area contributed by atoms with Gasteiger partial charge in [0.25, 0.3) is 0 Å². The summed E-state index contributed by atoms with van der Waals surface area (Å²) in [6.07, 6.45) is 2.17. The fourth-order valence-electron chi connectivity index (χ4n) is 2.25. The van der Waals surface area contributed by atoms with Crippen molar-refractivity contribution < 1.29 is 15.3 Å². The van der Waals surface area contributed by atoms with Gasteiger partial charge in [-0.2, -0.15) is 0 Å². The molecule has 1 unspecified atom stereocenters. The molecule has 2 rings (SSSR count). The number of hydrogen-bond acceptors (Lipinski definition) is 3. The molecule has 1 aromatic carbocycles. The molecule has 1 aliphatic rings. The van der Waals surface area contributed by atoms with Gasteiger partial charge in [-0.15, -0.1) is 0 Å². The Balaban J connectivity index is 2.40. The van der Waals surface area contributed by atoms with Crippen LogP contribution in [0.2, 0.25) is 0 Å². The highest BCUT2D eigenvalue weighted by Gasteiger charge is 2.50. The predicted octanol–water partition coefficient (Wildman–Crippen LogP) is 1.13. The van der Waals surface area contributed by atoms with Gasteiger partial charge in [-0.1, -0.05) is 30.3 Å². The van der Waals surface area contributed by atoms with Crippen LogP contribution in [0.3, 0.4) is 0 Å². The molecule has 0 amide bonds. The maximum Gasteiger partial charge on any atom is 0.196 e. The molecule has 0 bridgehead atoms. The molecule has 1 aliphatic carbocycles. The van der Waals surface area contributed by atoms with Crippen LogP contribution in [0, 0.1) is 0 Å². The molecular formula is C12H16O3. The standard InChI is InChI=1S/C12H16O3/c13-11(10-6-2-1-3-7-10)8-4-5-9-12(11,14)15/h1-3,6-7,13-15H,4-5,8-9H2. The highest BCUT2D eigenvalue weighted by atomic mass is 16.5. The van der Waals surface area contributed by atoms with Crippen LogP contribution in [0.1, 0.15) is 31.2 Å². The van der Waals surface area contributed by atoms with Gasteiger partial charge in [0.2, 0.25) is 0 Å². The smallest absolute Gasteiger partial charge is 0.196 e. The first-order valence-corrected chi connectivity index (χ1v) is 5.29. The second-order valence-corrected chi connectivity index (χ2v) is 4.25.